The number of hydrogen-bond donors (Lipinski definition) is 0. The van der Waals surface area contributed by atoms with Crippen LogP contribution in [0.2, 0.25) is 0 Å². The summed E-state index contributed by atoms with van der Waals surface area (Å²) in [5.41, 5.74) is 1.26. The van der Waals surface area contributed by atoms with Crippen LogP contribution >= 0.6 is 22.6 Å². The molecule has 2 nitrogen and oxygen atoms in total. The van der Waals surface area contributed by atoms with Gasteiger partial charge >= 0.3 is 0 Å². The van der Waals surface area contributed by atoms with E-state index in [4.69, 9.17) is 9.47 Å². The molecule has 1 aliphatic heterocycles. The van der Waals surface area contributed by atoms with Gasteiger partial charge in [0.2, 0.25) is 0 Å². The number of ether oxygens (including phenoxy) is 2. The van der Waals surface area contributed by atoms with Gasteiger partial charge in [0.1, 0.15) is 0 Å². The molecule has 76 valence electrons. The van der Waals surface area contributed by atoms with Gasteiger partial charge in [-0.1, -0.05) is 12.1 Å². The minimum Gasteiger partial charge on any atom is -0.379 e. The second kappa shape index (κ2) is 5.09. The standard InChI is InChI=1S/C11H13IO2/c12-10-3-1-9(2-4-10)11-5-6-13-7-8-14-11/h1-4,11H,5-8H2/t11-/m1/s1. The Bertz CT molecular complexity index is 276. The molecule has 14 heavy (non-hydrogen) atoms. The normalized spacial score (nSPS) is 23.1. The van der Waals surface area contributed by atoms with Crippen LogP contribution < -0.4 is 0 Å². The maximum atomic E-state index is 5.70. The van der Waals surface area contributed by atoms with Crippen molar-refractivity contribution in [3.8, 4) is 0 Å². The van der Waals surface area contributed by atoms with Crippen LogP contribution in [0.4, 0.5) is 0 Å². The van der Waals surface area contributed by atoms with Crippen molar-refractivity contribution < 1.29 is 9.47 Å². The minimum atomic E-state index is 0.217. The van der Waals surface area contributed by atoms with Crippen molar-refractivity contribution in [2.24, 2.45) is 0 Å². The SMILES string of the molecule is Ic1ccc([C@H]2CCOCCO2)cc1. The van der Waals surface area contributed by atoms with Gasteiger partial charge in [-0.3, -0.25) is 0 Å². The van der Waals surface area contributed by atoms with Crippen molar-refractivity contribution >= 4 is 22.6 Å². The van der Waals surface area contributed by atoms with E-state index >= 15 is 0 Å². The Hall–Kier alpha value is -0.130. The molecule has 0 N–H and O–H groups in total. The molecule has 1 atom stereocenters. The first-order chi connectivity index (χ1) is 6.86. The van der Waals surface area contributed by atoms with Gasteiger partial charge in [-0.15, -0.1) is 0 Å². The quantitative estimate of drug-likeness (QED) is 0.743. The monoisotopic (exact) mass is 304 g/mol. The second-order valence-corrected chi connectivity index (χ2v) is 4.56. The molecule has 0 radical (unpaired) electrons. The van der Waals surface area contributed by atoms with Gasteiger partial charge in [-0.25, -0.2) is 0 Å². The summed E-state index contributed by atoms with van der Waals surface area (Å²) in [6.07, 6.45) is 1.18. The number of benzene rings is 1. The lowest BCUT2D eigenvalue weighted by atomic mass is 10.1. The van der Waals surface area contributed by atoms with Crippen LogP contribution in [-0.2, 0) is 9.47 Å². The van der Waals surface area contributed by atoms with E-state index in [-0.39, 0.29) is 6.10 Å². The van der Waals surface area contributed by atoms with E-state index in [0.29, 0.717) is 6.61 Å². The third kappa shape index (κ3) is 2.68. The summed E-state index contributed by atoms with van der Waals surface area (Å²) in [6.45, 7) is 2.23. The van der Waals surface area contributed by atoms with Crippen LogP contribution in [-0.4, -0.2) is 19.8 Å². The van der Waals surface area contributed by atoms with Crippen molar-refractivity contribution in [1.82, 2.24) is 0 Å². The fourth-order valence-electron chi connectivity index (χ4n) is 1.57. The molecule has 1 saturated heterocycles. The second-order valence-electron chi connectivity index (χ2n) is 3.31. The molecule has 0 bridgehead atoms. The zero-order valence-corrected chi connectivity index (χ0v) is 10.1. The van der Waals surface area contributed by atoms with Crippen molar-refractivity contribution in [2.75, 3.05) is 19.8 Å². The Morgan fingerprint density at radius 3 is 2.64 bits per heavy atom. The van der Waals surface area contributed by atoms with E-state index in [1.165, 1.54) is 9.13 Å². The zero-order chi connectivity index (χ0) is 9.80. The third-order valence-electron chi connectivity index (χ3n) is 2.31. The predicted octanol–water partition coefficient (Wildman–Crippen LogP) is 2.77. The van der Waals surface area contributed by atoms with E-state index in [2.05, 4.69) is 46.9 Å². The summed E-state index contributed by atoms with van der Waals surface area (Å²) in [4.78, 5) is 0. The van der Waals surface area contributed by atoms with Crippen LogP contribution in [0.3, 0.4) is 0 Å². The van der Waals surface area contributed by atoms with Gasteiger partial charge in [0.15, 0.2) is 0 Å². The van der Waals surface area contributed by atoms with Crippen LogP contribution in [0.15, 0.2) is 24.3 Å². The predicted molar refractivity (Wildman–Crippen MR) is 63.3 cm³/mol. The Labute approximate surface area is 97.7 Å². The Morgan fingerprint density at radius 2 is 1.86 bits per heavy atom. The summed E-state index contributed by atoms with van der Waals surface area (Å²) in [5, 5.41) is 0. The minimum absolute atomic E-state index is 0.217. The number of halogens is 1. The van der Waals surface area contributed by atoms with Gasteiger partial charge in [0.05, 0.1) is 19.3 Å². The highest BCUT2D eigenvalue weighted by molar-refractivity contribution is 14.1. The molecule has 0 aromatic heterocycles. The highest BCUT2D eigenvalue weighted by Crippen LogP contribution is 2.23. The van der Waals surface area contributed by atoms with Crippen molar-refractivity contribution in [3.63, 3.8) is 0 Å². The molecule has 1 aromatic rings. The summed E-state index contributed by atoms with van der Waals surface area (Å²) in [5.74, 6) is 0. The summed E-state index contributed by atoms with van der Waals surface area (Å²) in [6, 6.07) is 8.51. The molecule has 2 rings (SSSR count). The number of rotatable bonds is 1. The highest BCUT2D eigenvalue weighted by Gasteiger charge is 2.14. The van der Waals surface area contributed by atoms with Gasteiger partial charge in [0.25, 0.3) is 0 Å². The van der Waals surface area contributed by atoms with Crippen LogP contribution in [0.1, 0.15) is 18.1 Å². The maximum Gasteiger partial charge on any atom is 0.0848 e. The van der Waals surface area contributed by atoms with Crippen molar-refractivity contribution in [1.29, 1.82) is 0 Å². The fraction of sp³-hybridized carbons (Fsp3) is 0.455. The Kier molecular flexibility index (Phi) is 3.78. The van der Waals surface area contributed by atoms with Crippen LogP contribution in [0.5, 0.6) is 0 Å². The molecule has 1 aliphatic rings. The zero-order valence-electron chi connectivity index (χ0n) is 7.91. The van der Waals surface area contributed by atoms with E-state index in [0.717, 1.165) is 19.6 Å². The molecule has 1 heterocycles. The summed E-state index contributed by atoms with van der Waals surface area (Å²) in [7, 11) is 0. The van der Waals surface area contributed by atoms with E-state index in [9.17, 15) is 0 Å². The largest absolute Gasteiger partial charge is 0.379 e. The summed E-state index contributed by atoms with van der Waals surface area (Å²) >= 11 is 2.31. The first-order valence-electron chi connectivity index (χ1n) is 4.81. The third-order valence-corrected chi connectivity index (χ3v) is 3.03. The number of hydrogen-bond acceptors (Lipinski definition) is 2. The molecule has 0 unspecified atom stereocenters. The van der Waals surface area contributed by atoms with Gasteiger partial charge in [-0.05, 0) is 40.3 Å². The lowest BCUT2D eigenvalue weighted by Crippen LogP contribution is -2.04. The Balaban J connectivity index is 2.08. The lowest BCUT2D eigenvalue weighted by Gasteiger charge is -2.14. The molecule has 0 spiro atoms. The average Bonchev–Trinajstić information content (AvgIpc) is 2.47. The summed E-state index contributed by atoms with van der Waals surface area (Å²) < 4.78 is 12.3. The van der Waals surface area contributed by atoms with Gasteiger partial charge < -0.3 is 9.47 Å². The van der Waals surface area contributed by atoms with Gasteiger partial charge in [-0.2, -0.15) is 0 Å². The van der Waals surface area contributed by atoms with Crippen molar-refractivity contribution in [3.05, 3.63) is 33.4 Å². The maximum absolute atomic E-state index is 5.70. The molecule has 0 saturated carbocycles. The van der Waals surface area contributed by atoms with E-state index in [1.807, 2.05) is 0 Å². The smallest absolute Gasteiger partial charge is 0.0848 e. The Morgan fingerprint density at radius 1 is 1.07 bits per heavy atom. The van der Waals surface area contributed by atoms with Gasteiger partial charge in [0, 0.05) is 16.6 Å². The lowest BCUT2D eigenvalue weighted by molar-refractivity contribution is 0.0536. The molecule has 0 aliphatic carbocycles. The highest BCUT2D eigenvalue weighted by atomic mass is 127. The molecular formula is C11H13IO2. The first kappa shape index (κ1) is 10.4. The molecule has 0 amide bonds. The molecule has 1 aromatic carbocycles. The van der Waals surface area contributed by atoms with Crippen molar-refractivity contribution in [2.45, 2.75) is 12.5 Å². The topological polar surface area (TPSA) is 18.5 Å². The average molecular weight is 304 g/mol. The molecule has 3 heteroatoms. The molecular weight excluding hydrogens is 291 g/mol. The van der Waals surface area contributed by atoms with Crippen LogP contribution in [0.25, 0.3) is 0 Å². The van der Waals surface area contributed by atoms with Crippen LogP contribution in [0, 0.1) is 3.57 Å². The van der Waals surface area contributed by atoms with E-state index in [1.54, 1.807) is 0 Å². The van der Waals surface area contributed by atoms with E-state index < -0.39 is 0 Å². The fourth-order valence-corrected chi connectivity index (χ4v) is 1.92. The first-order valence-corrected chi connectivity index (χ1v) is 5.89. The molecule has 1 fully saturated rings.